The van der Waals surface area contributed by atoms with E-state index in [1.165, 1.54) is 26.6 Å². The molecule has 0 N–H and O–H groups in total. The summed E-state index contributed by atoms with van der Waals surface area (Å²) >= 11 is 1.72. The van der Waals surface area contributed by atoms with Gasteiger partial charge in [0.25, 0.3) is 0 Å². The van der Waals surface area contributed by atoms with Crippen LogP contribution < -0.4 is 0 Å². The molecular formula is C41H25N3S. The highest BCUT2D eigenvalue weighted by atomic mass is 32.1. The van der Waals surface area contributed by atoms with Gasteiger partial charge in [-0.25, -0.2) is 15.0 Å². The fourth-order valence-corrected chi connectivity index (χ4v) is 7.06. The molecule has 3 aromatic heterocycles. The maximum absolute atomic E-state index is 5.19. The highest BCUT2D eigenvalue weighted by molar-refractivity contribution is 7.21. The Morgan fingerprint density at radius 1 is 0.356 bits per heavy atom. The van der Waals surface area contributed by atoms with E-state index >= 15 is 0 Å². The predicted molar refractivity (Wildman–Crippen MR) is 189 cm³/mol. The van der Waals surface area contributed by atoms with Gasteiger partial charge in [0.15, 0.2) is 0 Å². The maximum atomic E-state index is 5.19. The van der Waals surface area contributed by atoms with Gasteiger partial charge in [0.1, 0.15) is 5.01 Å². The topological polar surface area (TPSA) is 38.7 Å². The summed E-state index contributed by atoms with van der Waals surface area (Å²) in [6.07, 6.45) is 0. The maximum Gasteiger partial charge on any atom is 0.124 e. The fourth-order valence-electron chi connectivity index (χ4n) is 6.10. The number of aromatic nitrogens is 3. The van der Waals surface area contributed by atoms with Crippen LogP contribution in [0.4, 0.5) is 0 Å². The van der Waals surface area contributed by atoms with Crippen LogP contribution in [0.2, 0.25) is 0 Å². The normalized spacial score (nSPS) is 11.6. The van der Waals surface area contributed by atoms with Crippen LogP contribution in [0.1, 0.15) is 0 Å². The van der Waals surface area contributed by atoms with E-state index in [2.05, 4.69) is 146 Å². The molecule has 0 spiro atoms. The van der Waals surface area contributed by atoms with Gasteiger partial charge >= 0.3 is 0 Å². The second-order valence-electron chi connectivity index (χ2n) is 11.3. The van der Waals surface area contributed by atoms with Gasteiger partial charge in [0, 0.05) is 27.5 Å². The van der Waals surface area contributed by atoms with Gasteiger partial charge in [-0.05, 0) is 58.3 Å². The van der Waals surface area contributed by atoms with Gasteiger partial charge in [-0.15, -0.1) is 11.3 Å². The summed E-state index contributed by atoms with van der Waals surface area (Å²) in [6.45, 7) is 0. The molecule has 0 aliphatic rings. The van der Waals surface area contributed by atoms with E-state index in [1.807, 2.05) is 6.07 Å². The molecule has 9 aromatic rings. The minimum atomic E-state index is 0.907. The number of nitrogens with zero attached hydrogens (tertiary/aromatic N) is 3. The van der Waals surface area contributed by atoms with E-state index in [1.54, 1.807) is 11.3 Å². The second-order valence-corrected chi connectivity index (χ2v) is 12.3. The monoisotopic (exact) mass is 591 g/mol. The fraction of sp³-hybridized carbons (Fsp3) is 0. The molecule has 6 aromatic carbocycles. The summed E-state index contributed by atoms with van der Waals surface area (Å²) in [5.41, 5.74) is 10.3. The quantitative estimate of drug-likeness (QED) is 0.191. The molecule has 3 nitrogen and oxygen atoms in total. The first-order valence-electron chi connectivity index (χ1n) is 15.0. The highest BCUT2D eigenvalue weighted by Gasteiger charge is 2.11. The van der Waals surface area contributed by atoms with Gasteiger partial charge in [-0.3, -0.25) is 0 Å². The summed E-state index contributed by atoms with van der Waals surface area (Å²) < 4.78 is 1.19. The van der Waals surface area contributed by atoms with Gasteiger partial charge in [0.05, 0.1) is 32.6 Å². The number of benzene rings is 6. The molecule has 0 unspecified atom stereocenters. The summed E-state index contributed by atoms with van der Waals surface area (Å²) in [5, 5.41) is 5.67. The third kappa shape index (κ3) is 4.64. The van der Waals surface area contributed by atoms with Gasteiger partial charge < -0.3 is 0 Å². The third-order valence-corrected chi connectivity index (χ3v) is 9.57. The number of para-hydroxylation sites is 1. The van der Waals surface area contributed by atoms with Crippen LogP contribution in [-0.4, -0.2) is 15.0 Å². The van der Waals surface area contributed by atoms with Crippen molar-refractivity contribution in [1.82, 2.24) is 15.0 Å². The van der Waals surface area contributed by atoms with Crippen molar-refractivity contribution in [3.8, 4) is 44.2 Å². The van der Waals surface area contributed by atoms with Crippen molar-refractivity contribution < 1.29 is 0 Å². The first kappa shape index (κ1) is 25.8. The van der Waals surface area contributed by atoms with Crippen LogP contribution in [0, 0.1) is 0 Å². The smallest absolute Gasteiger partial charge is 0.124 e. The van der Waals surface area contributed by atoms with E-state index in [4.69, 9.17) is 15.0 Å². The first-order chi connectivity index (χ1) is 22.2. The number of pyridine rings is 2. The Kier molecular flexibility index (Phi) is 6.00. The predicted octanol–water partition coefficient (Wildman–Crippen LogP) is 11.2. The van der Waals surface area contributed by atoms with Crippen molar-refractivity contribution in [2.45, 2.75) is 0 Å². The highest BCUT2D eigenvalue weighted by Crippen LogP contribution is 2.34. The molecule has 0 aliphatic carbocycles. The average molecular weight is 592 g/mol. The molecule has 0 atom stereocenters. The molecule has 0 aliphatic heterocycles. The molecule has 9 rings (SSSR count). The molecule has 0 bridgehead atoms. The van der Waals surface area contributed by atoms with Gasteiger partial charge in [0.2, 0.25) is 0 Å². The Balaban J connectivity index is 1.09. The summed E-state index contributed by atoms with van der Waals surface area (Å²) in [7, 11) is 0. The van der Waals surface area contributed by atoms with Crippen LogP contribution in [0.3, 0.4) is 0 Å². The van der Waals surface area contributed by atoms with E-state index in [0.29, 0.717) is 0 Å². The van der Waals surface area contributed by atoms with E-state index in [0.717, 1.165) is 60.4 Å². The van der Waals surface area contributed by atoms with Crippen molar-refractivity contribution in [3.63, 3.8) is 0 Å². The van der Waals surface area contributed by atoms with Crippen molar-refractivity contribution in [1.29, 1.82) is 0 Å². The summed E-state index contributed by atoms with van der Waals surface area (Å²) in [6, 6.07) is 53.4. The Labute approximate surface area is 264 Å². The standard InChI is InChI=1S/C41H25N3S/c1-2-7-31-24-32(19-14-26(31)6-1)27-12-15-28(16-13-27)35-22-20-29-17-18-30-21-23-36(43-40(30)39(29)42-35)33-8-5-9-34(25-33)41-44-37-10-3-4-11-38(37)45-41/h1-25H. The van der Waals surface area contributed by atoms with Crippen LogP contribution in [0.5, 0.6) is 0 Å². The van der Waals surface area contributed by atoms with E-state index in [-0.39, 0.29) is 0 Å². The lowest BCUT2D eigenvalue weighted by atomic mass is 9.99. The number of hydrogen-bond acceptors (Lipinski definition) is 4. The number of rotatable bonds is 4. The lowest BCUT2D eigenvalue weighted by molar-refractivity contribution is 1.36. The molecule has 45 heavy (non-hydrogen) atoms. The summed E-state index contributed by atoms with van der Waals surface area (Å²) in [4.78, 5) is 15.2. The minimum Gasteiger partial charge on any atom is -0.245 e. The number of fused-ring (bicyclic) bond motifs is 5. The van der Waals surface area contributed by atoms with Crippen molar-refractivity contribution in [2.24, 2.45) is 0 Å². The summed E-state index contributed by atoms with van der Waals surface area (Å²) in [5.74, 6) is 0. The molecule has 0 amide bonds. The molecule has 0 radical (unpaired) electrons. The molecule has 0 fully saturated rings. The van der Waals surface area contributed by atoms with Crippen LogP contribution in [0.25, 0.3) is 87.0 Å². The SMILES string of the molecule is c1cc(-c2ccc3ccc4ccc(-c5ccc(-c6ccc7ccccc7c6)cc5)nc4c3n2)cc(-c2nc3ccccc3s2)c1. The molecule has 0 saturated carbocycles. The van der Waals surface area contributed by atoms with Gasteiger partial charge in [-0.2, -0.15) is 0 Å². The zero-order chi connectivity index (χ0) is 29.7. The third-order valence-electron chi connectivity index (χ3n) is 8.48. The zero-order valence-corrected chi connectivity index (χ0v) is 25.0. The van der Waals surface area contributed by atoms with Crippen LogP contribution >= 0.6 is 11.3 Å². The Hall–Kier alpha value is -5.71. The van der Waals surface area contributed by atoms with Crippen molar-refractivity contribution in [3.05, 3.63) is 152 Å². The average Bonchev–Trinajstić information content (AvgIpc) is 3.56. The minimum absolute atomic E-state index is 0.907. The van der Waals surface area contributed by atoms with Crippen LogP contribution in [-0.2, 0) is 0 Å². The molecule has 210 valence electrons. The lowest BCUT2D eigenvalue weighted by Crippen LogP contribution is -1.91. The molecular weight excluding hydrogens is 567 g/mol. The Bertz CT molecular complexity index is 2510. The number of hydrogen-bond donors (Lipinski definition) is 0. The van der Waals surface area contributed by atoms with Crippen LogP contribution in [0.15, 0.2) is 152 Å². The second kappa shape index (κ2) is 10.5. The lowest BCUT2D eigenvalue weighted by Gasteiger charge is -2.09. The number of thiazole rings is 1. The van der Waals surface area contributed by atoms with Gasteiger partial charge in [-0.1, -0.05) is 115 Å². The first-order valence-corrected chi connectivity index (χ1v) is 15.8. The zero-order valence-electron chi connectivity index (χ0n) is 24.2. The molecule has 0 saturated heterocycles. The van der Waals surface area contributed by atoms with Crippen molar-refractivity contribution >= 4 is 54.1 Å². The van der Waals surface area contributed by atoms with E-state index in [9.17, 15) is 0 Å². The van der Waals surface area contributed by atoms with E-state index < -0.39 is 0 Å². The largest absolute Gasteiger partial charge is 0.245 e. The molecule has 3 heterocycles. The molecule has 4 heteroatoms. The van der Waals surface area contributed by atoms with Crippen molar-refractivity contribution in [2.75, 3.05) is 0 Å². The Morgan fingerprint density at radius 3 is 1.73 bits per heavy atom. The Morgan fingerprint density at radius 2 is 0.956 bits per heavy atom.